The van der Waals surface area contributed by atoms with Crippen LogP contribution in [-0.2, 0) is 0 Å². The maximum absolute atomic E-state index is 10.8. The van der Waals surface area contributed by atoms with Gasteiger partial charge < -0.3 is 10.2 Å². The quantitative estimate of drug-likeness (QED) is 0.438. The van der Waals surface area contributed by atoms with Crippen molar-refractivity contribution in [3.05, 3.63) is 23.8 Å². The normalized spacial score (nSPS) is 47.0. The highest BCUT2D eigenvalue weighted by molar-refractivity contribution is 5.30. The summed E-state index contributed by atoms with van der Waals surface area (Å²) >= 11 is 0. The first kappa shape index (κ1) is 24.5. The lowest BCUT2D eigenvalue weighted by Crippen LogP contribution is -2.59. The van der Waals surface area contributed by atoms with Crippen LogP contribution in [0.25, 0.3) is 0 Å². The molecule has 0 radical (unpaired) electrons. The fraction of sp³-hybridized carbons (Fsp3) is 0.867. The zero-order valence-corrected chi connectivity index (χ0v) is 22.0. The van der Waals surface area contributed by atoms with E-state index >= 15 is 0 Å². The summed E-state index contributed by atoms with van der Waals surface area (Å²) in [6, 6.07) is 0. The van der Waals surface area contributed by atoms with Gasteiger partial charge in [0.2, 0.25) is 0 Å². The van der Waals surface area contributed by atoms with E-state index in [1.54, 1.807) is 5.57 Å². The molecule has 2 N–H and O–H groups in total. The minimum Gasteiger partial charge on any atom is -0.392 e. The van der Waals surface area contributed by atoms with Crippen molar-refractivity contribution in [2.45, 2.75) is 118 Å². The second-order valence-electron chi connectivity index (χ2n) is 13.7. The number of hydrogen-bond acceptors (Lipinski definition) is 2. The zero-order valence-electron chi connectivity index (χ0n) is 22.0. The van der Waals surface area contributed by atoms with Crippen LogP contribution in [0, 0.1) is 45.3 Å². The number of fused-ring (bicyclic) bond motifs is 5. The Balaban J connectivity index is 1.60. The van der Waals surface area contributed by atoms with Gasteiger partial charge in [0.05, 0.1) is 12.2 Å². The molecule has 4 aliphatic carbocycles. The van der Waals surface area contributed by atoms with Crippen molar-refractivity contribution in [1.82, 2.24) is 0 Å². The molecule has 0 bridgehead atoms. The topological polar surface area (TPSA) is 40.5 Å². The molecule has 2 nitrogen and oxygen atoms in total. The van der Waals surface area contributed by atoms with Crippen LogP contribution in [0.2, 0.25) is 0 Å². The Morgan fingerprint density at radius 3 is 2.38 bits per heavy atom. The fourth-order valence-electron chi connectivity index (χ4n) is 9.50. The lowest BCUT2D eigenvalue weighted by Gasteiger charge is -2.66. The molecule has 0 spiro atoms. The summed E-state index contributed by atoms with van der Waals surface area (Å²) in [5.41, 5.74) is 3.53. The van der Waals surface area contributed by atoms with Crippen LogP contribution in [0.15, 0.2) is 23.8 Å². The van der Waals surface area contributed by atoms with Gasteiger partial charge in [0.15, 0.2) is 0 Å². The smallest absolute Gasteiger partial charge is 0.0744 e. The summed E-state index contributed by atoms with van der Waals surface area (Å²) in [6.07, 6.45) is 12.7. The molecule has 3 saturated carbocycles. The predicted octanol–water partition coefficient (Wildman–Crippen LogP) is 7.31. The summed E-state index contributed by atoms with van der Waals surface area (Å²) in [5, 5.41) is 21.1. The Morgan fingerprint density at radius 1 is 1.03 bits per heavy atom. The van der Waals surface area contributed by atoms with Crippen LogP contribution in [-0.4, -0.2) is 22.4 Å². The molecule has 182 valence electrons. The molecule has 0 aliphatic heterocycles. The number of aliphatic hydroxyl groups is 2. The molecular weight excluding hydrogens is 392 g/mol. The minimum atomic E-state index is -0.348. The Morgan fingerprint density at radius 2 is 1.72 bits per heavy atom. The third kappa shape index (κ3) is 3.33. The van der Waals surface area contributed by atoms with Crippen molar-refractivity contribution in [1.29, 1.82) is 0 Å². The van der Waals surface area contributed by atoms with Gasteiger partial charge in [-0.25, -0.2) is 0 Å². The fourth-order valence-corrected chi connectivity index (χ4v) is 9.50. The SMILES string of the molecule is C=C(C)C(O)CCC(C)C1CCC2(C)C3CC=C4C(CCC(O)C4(C)C)C3(C)CCC12C. The summed E-state index contributed by atoms with van der Waals surface area (Å²) in [5.74, 6) is 2.79. The first-order chi connectivity index (χ1) is 14.8. The lowest BCUT2D eigenvalue weighted by molar-refractivity contribution is -0.145. The number of rotatable bonds is 5. The third-order valence-corrected chi connectivity index (χ3v) is 12.0. The van der Waals surface area contributed by atoms with Gasteiger partial charge in [-0.15, -0.1) is 0 Å². The largest absolute Gasteiger partial charge is 0.392 e. The van der Waals surface area contributed by atoms with Crippen LogP contribution in [0.5, 0.6) is 0 Å². The molecular formula is C30H50O2. The summed E-state index contributed by atoms with van der Waals surface area (Å²) in [7, 11) is 0. The van der Waals surface area contributed by atoms with E-state index in [4.69, 9.17) is 0 Å². The molecule has 3 fully saturated rings. The molecule has 4 aliphatic rings. The number of aliphatic hydroxyl groups excluding tert-OH is 2. The van der Waals surface area contributed by atoms with Crippen molar-refractivity contribution in [3.8, 4) is 0 Å². The van der Waals surface area contributed by atoms with E-state index in [1.807, 2.05) is 6.92 Å². The molecule has 0 aromatic carbocycles. The van der Waals surface area contributed by atoms with Crippen LogP contribution in [0.1, 0.15) is 106 Å². The molecule has 2 heteroatoms. The van der Waals surface area contributed by atoms with Crippen LogP contribution in [0.4, 0.5) is 0 Å². The third-order valence-electron chi connectivity index (χ3n) is 12.0. The first-order valence-corrected chi connectivity index (χ1v) is 13.5. The average Bonchev–Trinajstić information content (AvgIpc) is 3.00. The maximum atomic E-state index is 10.8. The highest BCUT2D eigenvalue weighted by atomic mass is 16.3. The van der Waals surface area contributed by atoms with E-state index in [2.05, 4.69) is 54.2 Å². The summed E-state index contributed by atoms with van der Waals surface area (Å²) in [6.45, 7) is 20.8. The molecule has 0 amide bonds. The number of hydrogen-bond donors (Lipinski definition) is 2. The molecule has 9 atom stereocenters. The van der Waals surface area contributed by atoms with Crippen molar-refractivity contribution in [3.63, 3.8) is 0 Å². The molecule has 0 aromatic rings. The zero-order chi connectivity index (χ0) is 23.7. The number of allylic oxidation sites excluding steroid dienone is 1. The van der Waals surface area contributed by atoms with E-state index in [1.165, 1.54) is 32.1 Å². The van der Waals surface area contributed by atoms with Crippen LogP contribution < -0.4 is 0 Å². The van der Waals surface area contributed by atoms with E-state index in [0.29, 0.717) is 28.1 Å². The monoisotopic (exact) mass is 442 g/mol. The van der Waals surface area contributed by atoms with E-state index in [-0.39, 0.29) is 17.6 Å². The minimum absolute atomic E-state index is 0.0740. The second kappa shape index (κ2) is 7.98. The van der Waals surface area contributed by atoms with E-state index in [0.717, 1.165) is 43.1 Å². The average molecular weight is 443 g/mol. The van der Waals surface area contributed by atoms with Crippen LogP contribution in [0.3, 0.4) is 0 Å². The van der Waals surface area contributed by atoms with Crippen molar-refractivity contribution >= 4 is 0 Å². The van der Waals surface area contributed by atoms with Gasteiger partial charge in [-0.2, -0.15) is 0 Å². The van der Waals surface area contributed by atoms with E-state index < -0.39 is 0 Å². The Hall–Kier alpha value is -0.600. The van der Waals surface area contributed by atoms with Crippen molar-refractivity contribution in [2.75, 3.05) is 0 Å². The standard InChI is InChI=1S/C30H50O2/c1-19(2)24(31)12-9-20(3)21-15-16-30(8)25-13-10-22-23(11-14-26(32)27(22,4)5)28(25,6)17-18-29(21,30)7/h10,20-21,23-26,31-32H,1,9,11-18H2,2-8H3. The summed E-state index contributed by atoms with van der Waals surface area (Å²) < 4.78 is 0. The molecule has 9 unspecified atom stereocenters. The summed E-state index contributed by atoms with van der Waals surface area (Å²) in [4.78, 5) is 0. The molecule has 0 heterocycles. The van der Waals surface area contributed by atoms with Gasteiger partial charge in [0, 0.05) is 5.41 Å². The Kier molecular flexibility index (Phi) is 6.11. The van der Waals surface area contributed by atoms with Crippen molar-refractivity contribution in [2.24, 2.45) is 45.3 Å². The Labute approximate surface area is 198 Å². The lowest BCUT2D eigenvalue weighted by atomic mass is 9.39. The molecule has 4 rings (SSSR count). The van der Waals surface area contributed by atoms with Gasteiger partial charge in [-0.05, 0) is 105 Å². The predicted molar refractivity (Wildman–Crippen MR) is 134 cm³/mol. The van der Waals surface area contributed by atoms with Gasteiger partial charge in [-0.3, -0.25) is 0 Å². The second-order valence-corrected chi connectivity index (χ2v) is 13.7. The molecule has 32 heavy (non-hydrogen) atoms. The molecule has 0 aromatic heterocycles. The Bertz CT molecular complexity index is 780. The maximum Gasteiger partial charge on any atom is 0.0744 e. The van der Waals surface area contributed by atoms with Gasteiger partial charge in [-0.1, -0.05) is 65.3 Å². The van der Waals surface area contributed by atoms with Gasteiger partial charge in [0.25, 0.3) is 0 Å². The van der Waals surface area contributed by atoms with Crippen LogP contribution >= 0.6 is 0 Å². The highest BCUT2D eigenvalue weighted by Gasteiger charge is 2.67. The van der Waals surface area contributed by atoms with Crippen molar-refractivity contribution < 1.29 is 10.2 Å². The van der Waals surface area contributed by atoms with Gasteiger partial charge >= 0.3 is 0 Å². The highest BCUT2D eigenvalue weighted by Crippen LogP contribution is 2.74. The first-order valence-electron chi connectivity index (χ1n) is 13.5. The molecule has 0 saturated heterocycles. The van der Waals surface area contributed by atoms with Gasteiger partial charge in [0.1, 0.15) is 0 Å². The van der Waals surface area contributed by atoms with E-state index in [9.17, 15) is 10.2 Å².